The van der Waals surface area contributed by atoms with Gasteiger partial charge in [0.1, 0.15) is 6.33 Å². The largest absolute Gasteiger partial charge is 0.253 e. The number of nitrogens with zero attached hydrogens (tertiary/aromatic N) is 3. The van der Waals surface area contributed by atoms with Crippen LogP contribution in [-0.4, -0.2) is 14.8 Å². The SMILES string of the molecule is [CH2]c1ncn(CCCCCCCC)n1. The van der Waals surface area contributed by atoms with Crippen LogP contribution in [0.1, 0.15) is 51.3 Å². The second-order valence-electron chi connectivity index (χ2n) is 3.69. The monoisotopic (exact) mass is 194 g/mol. The van der Waals surface area contributed by atoms with Gasteiger partial charge < -0.3 is 0 Å². The molecule has 1 heterocycles. The first kappa shape index (κ1) is 11.2. The summed E-state index contributed by atoms with van der Waals surface area (Å²) in [6.45, 7) is 6.89. The van der Waals surface area contributed by atoms with Crippen molar-refractivity contribution in [2.45, 2.75) is 52.0 Å². The molecule has 3 heteroatoms. The molecule has 1 aromatic heterocycles. The quantitative estimate of drug-likeness (QED) is 0.625. The average molecular weight is 194 g/mol. The summed E-state index contributed by atoms with van der Waals surface area (Å²) in [6.07, 6.45) is 9.65. The Kier molecular flexibility index (Phi) is 5.27. The van der Waals surface area contributed by atoms with Crippen molar-refractivity contribution in [2.75, 3.05) is 0 Å². The molecule has 1 aromatic rings. The summed E-state index contributed by atoms with van der Waals surface area (Å²) in [5.41, 5.74) is 0. The fourth-order valence-electron chi connectivity index (χ4n) is 1.50. The summed E-state index contributed by atoms with van der Waals surface area (Å²) >= 11 is 0. The van der Waals surface area contributed by atoms with Crippen LogP contribution >= 0.6 is 0 Å². The van der Waals surface area contributed by atoms with E-state index < -0.39 is 0 Å². The molecule has 0 bridgehead atoms. The summed E-state index contributed by atoms with van der Waals surface area (Å²) in [7, 11) is 0. The van der Waals surface area contributed by atoms with Crippen LogP contribution in [0.4, 0.5) is 0 Å². The lowest BCUT2D eigenvalue weighted by molar-refractivity contribution is 0.526. The van der Waals surface area contributed by atoms with Crippen LogP contribution in [0.2, 0.25) is 0 Å². The van der Waals surface area contributed by atoms with Crippen molar-refractivity contribution in [3.63, 3.8) is 0 Å². The second-order valence-corrected chi connectivity index (χ2v) is 3.69. The van der Waals surface area contributed by atoms with E-state index in [9.17, 15) is 0 Å². The maximum absolute atomic E-state index is 4.14. The van der Waals surface area contributed by atoms with Gasteiger partial charge in [0.15, 0.2) is 5.82 Å². The van der Waals surface area contributed by atoms with E-state index in [4.69, 9.17) is 0 Å². The molecule has 0 aliphatic heterocycles. The van der Waals surface area contributed by atoms with Crippen LogP contribution in [0, 0.1) is 6.92 Å². The Balaban J connectivity index is 1.99. The van der Waals surface area contributed by atoms with E-state index in [0.717, 1.165) is 6.54 Å². The third-order valence-electron chi connectivity index (χ3n) is 2.32. The van der Waals surface area contributed by atoms with Crippen LogP contribution in [0.3, 0.4) is 0 Å². The van der Waals surface area contributed by atoms with E-state index >= 15 is 0 Å². The van der Waals surface area contributed by atoms with Gasteiger partial charge in [-0.05, 0) is 6.42 Å². The molecule has 1 rings (SSSR count). The highest BCUT2D eigenvalue weighted by molar-refractivity contribution is 4.84. The molecule has 1 radical (unpaired) electrons. The lowest BCUT2D eigenvalue weighted by Crippen LogP contribution is -1.98. The van der Waals surface area contributed by atoms with Crippen LogP contribution < -0.4 is 0 Å². The summed E-state index contributed by atoms with van der Waals surface area (Å²) in [6, 6.07) is 0. The van der Waals surface area contributed by atoms with Crippen LogP contribution in [-0.2, 0) is 6.54 Å². The molecular weight excluding hydrogens is 174 g/mol. The third-order valence-corrected chi connectivity index (χ3v) is 2.32. The first-order valence-corrected chi connectivity index (χ1v) is 5.54. The Labute approximate surface area is 86.5 Å². The van der Waals surface area contributed by atoms with Crippen LogP contribution in [0.5, 0.6) is 0 Å². The zero-order chi connectivity index (χ0) is 10.2. The zero-order valence-corrected chi connectivity index (χ0v) is 9.08. The van der Waals surface area contributed by atoms with Crippen molar-refractivity contribution >= 4 is 0 Å². The summed E-state index contributed by atoms with van der Waals surface area (Å²) in [5, 5.41) is 4.14. The highest BCUT2D eigenvalue weighted by atomic mass is 15.3. The maximum atomic E-state index is 4.14. The summed E-state index contributed by atoms with van der Waals surface area (Å²) in [4.78, 5) is 3.99. The van der Waals surface area contributed by atoms with Crippen molar-refractivity contribution in [3.8, 4) is 0 Å². The molecule has 0 saturated heterocycles. The number of rotatable bonds is 7. The Morgan fingerprint density at radius 2 is 1.93 bits per heavy atom. The number of aromatic nitrogens is 3. The first-order chi connectivity index (χ1) is 6.83. The molecule has 3 nitrogen and oxygen atoms in total. The lowest BCUT2D eigenvalue weighted by atomic mass is 10.1. The van der Waals surface area contributed by atoms with Gasteiger partial charge in [-0.3, -0.25) is 4.68 Å². The molecule has 0 fully saturated rings. The van der Waals surface area contributed by atoms with E-state index in [0.29, 0.717) is 5.82 Å². The molecule has 14 heavy (non-hydrogen) atoms. The van der Waals surface area contributed by atoms with Gasteiger partial charge in [-0.25, -0.2) is 4.98 Å². The van der Waals surface area contributed by atoms with Gasteiger partial charge in [0.05, 0.1) is 0 Å². The molecule has 79 valence electrons. The molecular formula is C11H20N3. The minimum Gasteiger partial charge on any atom is -0.253 e. The van der Waals surface area contributed by atoms with Crippen molar-refractivity contribution < 1.29 is 0 Å². The van der Waals surface area contributed by atoms with E-state index in [-0.39, 0.29) is 0 Å². The topological polar surface area (TPSA) is 30.7 Å². The Morgan fingerprint density at radius 1 is 1.21 bits per heavy atom. The van der Waals surface area contributed by atoms with Gasteiger partial charge in [0.2, 0.25) is 0 Å². The van der Waals surface area contributed by atoms with Crippen LogP contribution in [0.25, 0.3) is 0 Å². The van der Waals surface area contributed by atoms with E-state index in [1.54, 1.807) is 6.33 Å². The minimum atomic E-state index is 0.621. The van der Waals surface area contributed by atoms with E-state index in [2.05, 4.69) is 23.9 Å². The van der Waals surface area contributed by atoms with Gasteiger partial charge in [-0.15, -0.1) is 0 Å². The third kappa shape index (κ3) is 4.40. The molecule has 0 atom stereocenters. The van der Waals surface area contributed by atoms with E-state index in [1.807, 2.05) is 4.68 Å². The molecule has 0 aliphatic carbocycles. The summed E-state index contributed by atoms with van der Waals surface area (Å²) < 4.78 is 1.88. The second kappa shape index (κ2) is 6.57. The summed E-state index contributed by atoms with van der Waals surface area (Å²) in [5.74, 6) is 0.621. The van der Waals surface area contributed by atoms with Crippen molar-refractivity contribution in [3.05, 3.63) is 19.1 Å². The highest BCUT2D eigenvalue weighted by Gasteiger charge is 1.95. The number of hydrogen-bond acceptors (Lipinski definition) is 2. The van der Waals surface area contributed by atoms with Crippen molar-refractivity contribution in [2.24, 2.45) is 0 Å². The van der Waals surface area contributed by atoms with Crippen molar-refractivity contribution in [1.82, 2.24) is 14.8 Å². The van der Waals surface area contributed by atoms with Gasteiger partial charge in [0, 0.05) is 13.5 Å². The minimum absolute atomic E-state index is 0.621. The van der Waals surface area contributed by atoms with Crippen molar-refractivity contribution in [1.29, 1.82) is 0 Å². The van der Waals surface area contributed by atoms with Gasteiger partial charge in [-0.1, -0.05) is 39.0 Å². The standard InChI is InChI=1S/C11H20N3/c1-3-4-5-6-7-8-9-14-10-12-11(2)13-14/h10H,2-9H2,1H3. The molecule has 0 unspecified atom stereocenters. The van der Waals surface area contributed by atoms with Gasteiger partial charge in [0.25, 0.3) is 0 Å². The Bertz CT molecular complexity index is 242. The fourth-order valence-corrected chi connectivity index (χ4v) is 1.50. The predicted octanol–water partition coefficient (Wildman–Crippen LogP) is 2.82. The smallest absolute Gasteiger partial charge is 0.151 e. The average Bonchev–Trinajstić information content (AvgIpc) is 2.58. The van der Waals surface area contributed by atoms with Gasteiger partial charge in [-0.2, -0.15) is 5.10 Å². The first-order valence-electron chi connectivity index (χ1n) is 5.54. The normalized spacial score (nSPS) is 10.7. The van der Waals surface area contributed by atoms with E-state index in [1.165, 1.54) is 38.5 Å². The molecule has 0 saturated carbocycles. The predicted molar refractivity (Wildman–Crippen MR) is 57.9 cm³/mol. The van der Waals surface area contributed by atoms with Gasteiger partial charge >= 0.3 is 0 Å². The maximum Gasteiger partial charge on any atom is 0.151 e. The zero-order valence-electron chi connectivity index (χ0n) is 9.08. The molecule has 0 amide bonds. The molecule has 0 spiro atoms. The lowest BCUT2D eigenvalue weighted by Gasteiger charge is -2.00. The van der Waals surface area contributed by atoms with Crippen LogP contribution in [0.15, 0.2) is 6.33 Å². The number of hydrogen-bond donors (Lipinski definition) is 0. The highest BCUT2D eigenvalue weighted by Crippen LogP contribution is 2.05. The molecule has 0 aromatic carbocycles. The number of unbranched alkanes of at least 4 members (excludes halogenated alkanes) is 5. The molecule has 0 N–H and O–H groups in total. The Morgan fingerprint density at radius 3 is 2.57 bits per heavy atom. The number of aryl methyl sites for hydroxylation is 1. The Hall–Kier alpha value is -0.860. The molecule has 0 aliphatic rings. The fraction of sp³-hybridized carbons (Fsp3) is 0.727.